The summed E-state index contributed by atoms with van der Waals surface area (Å²) in [6.45, 7) is 5.31. The number of amides is 1. The maximum absolute atomic E-state index is 11.8. The van der Waals surface area contributed by atoms with Gasteiger partial charge in [0.05, 0.1) is 5.60 Å². The monoisotopic (exact) mass is 279 g/mol. The molecule has 0 aliphatic heterocycles. The molecule has 0 aliphatic carbocycles. The number of nitrogens with one attached hydrogen (secondary N) is 1. The predicted octanol–water partition coefficient (Wildman–Crippen LogP) is 2.17. The standard InChI is InChI=1S/C15H21NO4/c1-15(2,3)20-16-13(17)12(14(18)19)10-9-11-7-5-4-6-8-11/h4-8,12H,9-10H2,1-3H3,(H,16,17)(H,18,19)/t12-/m0/s1. The van der Waals surface area contributed by atoms with Crippen molar-refractivity contribution in [1.29, 1.82) is 0 Å². The smallest absolute Gasteiger partial charge is 0.316 e. The van der Waals surface area contributed by atoms with E-state index in [1.165, 1.54) is 0 Å². The fourth-order valence-electron chi connectivity index (χ4n) is 1.60. The molecule has 0 fully saturated rings. The van der Waals surface area contributed by atoms with Gasteiger partial charge in [-0.3, -0.25) is 14.4 Å². The molecule has 1 amide bonds. The van der Waals surface area contributed by atoms with Crippen LogP contribution in [0.2, 0.25) is 0 Å². The number of rotatable bonds is 6. The third kappa shape index (κ3) is 5.84. The largest absolute Gasteiger partial charge is 0.481 e. The first kappa shape index (κ1) is 16.2. The average molecular weight is 279 g/mol. The molecule has 1 aromatic carbocycles. The third-order valence-corrected chi connectivity index (χ3v) is 2.64. The number of carboxylic acid groups (broad SMARTS) is 1. The summed E-state index contributed by atoms with van der Waals surface area (Å²) in [4.78, 5) is 28.1. The van der Waals surface area contributed by atoms with Crippen LogP contribution in [0.4, 0.5) is 0 Å². The Morgan fingerprint density at radius 3 is 2.35 bits per heavy atom. The van der Waals surface area contributed by atoms with Crippen LogP contribution in [0.1, 0.15) is 32.8 Å². The van der Waals surface area contributed by atoms with Gasteiger partial charge in [0, 0.05) is 0 Å². The highest BCUT2D eigenvalue weighted by Gasteiger charge is 2.27. The highest BCUT2D eigenvalue weighted by atomic mass is 16.7. The van der Waals surface area contributed by atoms with E-state index in [4.69, 9.17) is 9.94 Å². The summed E-state index contributed by atoms with van der Waals surface area (Å²) >= 11 is 0. The van der Waals surface area contributed by atoms with Crippen LogP contribution in [0.3, 0.4) is 0 Å². The number of carboxylic acids is 1. The van der Waals surface area contributed by atoms with Crippen LogP contribution in [-0.2, 0) is 20.8 Å². The van der Waals surface area contributed by atoms with Crippen molar-refractivity contribution in [3.8, 4) is 0 Å². The van der Waals surface area contributed by atoms with Crippen molar-refractivity contribution in [3.05, 3.63) is 35.9 Å². The third-order valence-electron chi connectivity index (χ3n) is 2.64. The van der Waals surface area contributed by atoms with Crippen LogP contribution >= 0.6 is 0 Å². The van der Waals surface area contributed by atoms with E-state index in [9.17, 15) is 9.59 Å². The molecular weight excluding hydrogens is 258 g/mol. The number of carbonyl (C=O) groups is 2. The van der Waals surface area contributed by atoms with Crippen molar-refractivity contribution in [2.45, 2.75) is 39.2 Å². The fraction of sp³-hybridized carbons (Fsp3) is 0.467. The number of aliphatic carboxylic acids is 1. The lowest BCUT2D eigenvalue weighted by molar-refractivity contribution is -0.159. The molecule has 110 valence electrons. The van der Waals surface area contributed by atoms with Crippen LogP contribution in [0.15, 0.2) is 30.3 Å². The average Bonchev–Trinajstić information content (AvgIpc) is 2.36. The summed E-state index contributed by atoms with van der Waals surface area (Å²) < 4.78 is 0. The molecule has 0 radical (unpaired) electrons. The van der Waals surface area contributed by atoms with Crippen molar-refractivity contribution in [2.75, 3.05) is 0 Å². The Labute approximate surface area is 118 Å². The lowest BCUT2D eigenvalue weighted by Gasteiger charge is -2.20. The summed E-state index contributed by atoms with van der Waals surface area (Å²) in [5.41, 5.74) is 2.67. The molecule has 1 rings (SSSR count). The van der Waals surface area contributed by atoms with Crippen molar-refractivity contribution in [1.82, 2.24) is 5.48 Å². The van der Waals surface area contributed by atoms with Gasteiger partial charge < -0.3 is 5.11 Å². The van der Waals surface area contributed by atoms with Crippen molar-refractivity contribution in [3.63, 3.8) is 0 Å². The molecule has 0 spiro atoms. The lowest BCUT2D eigenvalue weighted by atomic mass is 9.99. The molecule has 1 aromatic rings. The van der Waals surface area contributed by atoms with Crippen LogP contribution < -0.4 is 5.48 Å². The second-order valence-corrected chi connectivity index (χ2v) is 5.60. The van der Waals surface area contributed by atoms with E-state index in [0.29, 0.717) is 6.42 Å². The Morgan fingerprint density at radius 1 is 1.25 bits per heavy atom. The van der Waals surface area contributed by atoms with Crippen LogP contribution in [0.25, 0.3) is 0 Å². The van der Waals surface area contributed by atoms with Crippen molar-refractivity contribution in [2.24, 2.45) is 5.92 Å². The molecule has 0 bridgehead atoms. The van der Waals surface area contributed by atoms with Gasteiger partial charge in [-0.05, 0) is 39.2 Å². The minimum absolute atomic E-state index is 0.235. The Balaban J connectivity index is 2.56. The molecule has 0 saturated heterocycles. The molecule has 2 N–H and O–H groups in total. The normalized spacial score (nSPS) is 12.8. The van der Waals surface area contributed by atoms with E-state index >= 15 is 0 Å². The molecule has 5 heteroatoms. The molecule has 0 saturated carbocycles. The predicted molar refractivity (Wildman–Crippen MR) is 74.9 cm³/mol. The lowest BCUT2D eigenvalue weighted by Crippen LogP contribution is -2.40. The summed E-state index contributed by atoms with van der Waals surface area (Å²) in [5, 5.41) is 9.13. The first-order valence-electron chi connectivity index (χ1n) is 6.54. The van der Waals surface area contributed by atoms with Gasteiger partial charge in [0.1, 0.15) is 5.92 Å². The van der Waals surface area contributed by atoms with Crippen LogP contribution in [-0.4, -0.2) is 22.6 Å². The second kappa shape index (κ2) is 7.05. The molecule has 0 unspecified atom stereocenters. The van der Waals surface area contributed by atoms with E-state index < -0.39 is 23.4 Å². The molecule has 0 heterocycles. The molecule has 0 aromatic heterocycles. The highest BCUT2D eigenvalue weighted by Crippen LogP contribution is 2.12. The molecule has 0 aliphatic rings. The Kier molecular flexibility index (Phi) is 5.70. The van der Waals surface area contributed by atoms with Crippen LogP contribution in [0, 0.1) is 5.92 Å². The Hall–Kier alpha value is -1.88. The van der Waals surface area contributed by atoms with Gasteiger partial charge in [0.15, 0.2) is 0 Å². The molecule has 1 atom stereocenters. The van der Waals surface area contributed by atoms with E-state index in [-0.39, 0.29) is 6.42 Å². The number of benzene rings is 1. The van der Waals surface area contributed by atoms with Gasteiger partial charge in [-0.2, -0.15) is 0 Å². The fourth-order valence-corrected chi connectivity index (χ4v) is 1.60. The van der Waals surface area contributed by atoms with Gasteiger partial charge >= 0.3 is 5.97 Å². The molecule has 5 nitrogen and oxygen atoms in total. The molecular formula is C15H21NO4. The van der Waals surface area contributed by atoms with Crippen molar-refractivity contribution < 1.29 is 19.5 Å². The number of carbonyl (C=O) groups excluding carboxylic acids is 1. The zero-order chi connectivity index (χ0) is 15.2. The zero-order valence-electron chi connectivity index (χ0n) is 12.1. The number of hydrogen-bond acceptors (Lipinski definition) is 3. The number of hydroxylamine groups is 1. The minimum Gasteiger partial charge on any atom is -0.481 e. The van der Waals surface area contributed by atoms with Gasteiger partial charge in [0.2, 0.25) is 0 Å². The Bertz CT molecular complexity index is 451. The summed E-state index contributed by atoms with van der Waals surface area (Å²) in [7, 11) is 0. The Morgan fingerprint density at radius 2 is 1.85 bits per heavy atom. The van der Waals surface area contributed by atoms with Crippen molar-refractivity contribution >= 4 is 11.9 Å². The minimum atomic E-state index is -1.14. The van der Waals surface area contributed by atoms with Gasteiger partial charge in [0.25, 0.3) is 5.91 Å². The number of aryl methyl sites for hydroxylation is 1. The maximum atomic E-state index is 11.8. The zero-order valence-corrected chi connectivity index (χ0v) is 12.1. The van der Waals surface area contributed by atoms with Gasteiger partial charge in [-0.15, -0.1) is 0 Å². The first-order valence-corrected chi connectivity index (χ1v) is 6.54. The first-order chi connectivity index (χ1) is 9.29. The second-order valence-electron chi connectivity index (χ2n) is 5.60. The van der Waals surface area contributed by atoms with Gasteiger partial charge in [-0.25, -0.2) is 5.48 Å². The van der Waals surface area contributed by atoms with E-state index in [2.05, 4.69) is 5.48 Å². The highest BCUT2D eigenvalue weighted by molar-refractivity contribution is 5.96. The summed E-state index contributed by atoms with van der Waals surface area (Å²) in [6, 6.07) is 9.47. The van der Waals surface area contributed by atoms with E-state index in [0.717, 1.165) is 5.56 Å². The summed E-state index contributed by atoms with van der Waals surface area (Å²) in [6.07, 6.45) is 0.763. The van der Waals surface area contributed by atoms with E-state index in [1.54, 1.807) is 20.8 Å². The summed E-state index contributed by atoms with van der Waals surface area (Å²) in [5.74, 6) is -2.88. The van der Waals surface area contributed by atoms with Crippen LogP contribution in [0.5, 0.6) is 0 Å². The van der Waals surface area contributed by atoms with E-state index in [1.807, 2.05) is 30.3 Å². The number of hydrogen-bond donors (Lipinski definition) is 2. The SMILES string of the molecule is CC(C)(C)ONC(=O)[C@H](CCc1ccccc1)C(=O)O. The topological polar surface area (TPSA) is 75.6 Å². The quantitative estimate of drug-likeness (QED) is 0.618. The van der Waals surface area contributed by atoms with Gasteiger partial charge in [-0.1, -0.05) is 30.3 Å². The molecule has 20 heavy (non-hydrogen) atoms. The maximum Gasteiger partial charge on any atom is 0.316 e.